The van der Waals surface area contributed by atoms with E-state index < -0.39 is 0 Å². The van der Waals surface area contributed by atoms with E-state index in [-0.39, 0.29) is 0 Å². The number of rotatable bonds is 4. The molecule has 0 saturated carbocycles. The van der Waals surface area contributed by atoms with Gasteiger partial charge in [-0.25, -0.2) is 0 Å². The third kappa shape index (κ3) is 3.17. The molecular weight excluding hydrogens is 174 g/mol. The van der Waals surface area contributed by atoms with Crippen LogP contribution >= 0.6 is 0 Å². The summed E-state index contributed by atoms with van der Waals surface area (Å²) in [6, 6.07) is 10.00. The maximum Gasteiger partial charge on any atom is 0.0991 e. The van der Waals surface area contributed by atoms with Gasteiger partial charge < -0.3 is 11.1 Å². The summed E-state index contributed by atoms with van der Waals surface area (Å²) in [7, 11) is 0. The molecule has 3 heteroatoms. The van der Waals surface area contributed by atoms with E-state index >= 15 is 0 Å². The molecule has 1 aromatic carbocycles. The Morgan fingerprint density at radius 3 is 3.00 bits per heavy atom. The lowest BCUT2D eigenvalue weighted by Crippen LogP contribution is -2.32. The number of benzene rings is 1. The van der Waals surface area contributed by atoms with Crippen molar-refractivity contribution in [1.82, 2.24) is 5.32 Å². The topological polar surface area (TPSA) is 61.8 Å². The van der Waals surface area contributed by atoms with Crippen LogP contribution in [0.15, 0.2) is 24.3 Å². The van der Waals surface area contributed by atoms with Gasteiger partial charge in [-0.1, -0.05) is 12.1 Å². The Hall–Kier alpha value is -1.37. The first-order valence-electron chi connectivity index (χ1n) is 4.68. The van der Waals surface area contributed by atoms with Crippen molar-refractivity contribution in [2.24, 2.45) is 5.73 Å². The van der Waals surface area contributed by atoms with Crippen molar-refractivity contribution >= 4 is 0 Å². The summed E-state index contributed by atoms with van der Waals surface area (Å²) in [6.07, 6.45) is 0. The number of hydrogen-bond acceptors (Lipinski definition) is 3. The van der Waals surface area contributed by atoms with Crippen LogP contribution in [0.5, 0.6) is 0 Å². The number of nitrogens with two attached hydrogens (primary N) is 1. The zero-order valence-corrected chi connectivity index (χ0v) is 8.33. The van der Waals surface area contributed by atoms with Crippen LogP contribution in [0.1, 0.15) is 18.1 Å². The van der Waals surface area contributed by atoms with Crippen molar-refractivity contribution in [3.63, 3.8) is 0 Å². The van der Waals surface area contributed by atoms with Crippen molar-refractivity contribution < 1.29 is 0 Å². The fourth-order valence-electron chi connectivity index (χ4n) is 1.13. The minimum Gasteiger partial charge on any atom is -0.329 e. The van der Waals surface area contributed by atoms with Crippen LogP contribution in [0.2, 0.25) is 0 Å². The molecule has 0 heterocycles. The molecule has 0 saturated heterocycles. The number of nitrogens with zero attached hydrogens (tertiary/aromatic N) is 1. The van der Waals surface area contributed by atoms with E-state index in [0.29, 0.717) is 18.2 Å². The molecule has 0 fully saturated rings. The molecule has 1 aromatic rings. The average Bonchev–Trinajstić information content (AvgIpc) is 2.26. The van der Waals surface area contributed by atoms with Gasteiger partial charge >= 0.3 is 0 Å². The van der Waals surface area contributed by atoms with Crippen LogP contribution in [0.4, 0.5) is 0 Å². The maximum atomic E-state index is 8.70. The van der Waals surface area contributed by atoms with E-state index in [1.54, 1.807) is 6.07 Å². The summed E-state index contributed by atoms with van der Waals surface area (Å²) in [5.74, 6) is 0. The van der Waals surface area contributed by atoms with Gasteiger partial charge in [-0.2, -0.15) is 5.26 Å². The molecule has 0 amide bonds. The van der Waals surface area contributed by atoms with E-state index in [1.807, 2.05) is 25.1 Å². The third-order valence-electron chi connectivity index (χ3n) is 2.06. The first kappa shape index (κ1) is 10.7. The minimum atomic E-state index is 0.306. The number of nitrogens with one attached hydrogen (secondary N) is 1. The fraction of sp³-hybridized carbons (Fsp3) is 0.364. The molecule has 1 unspecified atom stereocenters. The van der Waals surface area contributed by atoms with Crippen LogP contribution in [-0.2, 0) is 6.54 Å². The molecule has 1 rings (SSSR count). The van der Waals surface area contributed by atoms with Gasteiger partial charge in [0, 0.05) is 19.1 Å². The first-order valence-corrected chi connectivity index (χ1v) is 4.68. The molecule has 0 aliphatic rings. The van der Waals surface area contributed by atoms with Crippen molar-refractivity contribution in [2.75, 3.05) is 6.54 Å². The lowest BCUT2D eigenvalue weighted by atomic mass is 10.1. The predicted octanol–water partition coefficient (Wildman–Crippen LogP) is 0.995. The number of nitriles is 1. The molecule has 0 aliphatic carbocycles. The van der Waals surface area contributed by atoms with Gasteiger partial charge in [0.1, 0.15) is 0 Å². The van der Waals surface area contributed by atoms with Gasteiger partial charge in [0.25, 0.3) is 0 Å². The van der Waals surface area contributed by atoms with Gasteiger partial charge in [-0.3, -0.25) is 0 Å². The summed E-state index contributed by atoms with van der Waals surface area (Å²) >= 11 is 0. The second-order valence-corrected chi connectivity index (χ2v) is 3.33. The lowest BCUT2D eigenvalue weighted by molar-refractivity contribution is 0.556. The van der Waals surface area contributed by atoms with Crippen LogP contribution in [-0.4, -0.2) is 12.6 Å². The SMILES string of the molecule is CC(CN)NCc1cccc(C#N)c1. The Labute approximate surface area is 84.5 Å². The molecule has 0 radical (unpaired) electrons. The van der Waals surface area contributed by atoms with Gasteiger partial charge in [-0.05, 0) is 24.6 Å². The molecule has 0 aromatic heterocycles. The zero-order valence-electron chi connectivity index (χ0n) is 8.33. The molecule has 3 N–H and O–H groups in total. The molecule has 0 bridgehead atoms. The summed E-state index contributed by atoms with van der Waals surface area (Å²) in [4.78, 5) is 0. The Bertz CT molecular complexity index is 328. The standard InChI is InChI=1S/C11H15N3/c1-9(6-12)14-8-11-4-2-3-10(5-11)7-13/h2-5,9,14H,6,8,12H2,1H3. The fourth-order valence-corrected chi connectivity index (χ4v) is 1.13. The van der Waals surface area contributed by atoms with Crippen molar-refractivity contribution in [3.8, 4) is 6.07 Å². The summed E-state index contributed by atoms with van der Waals surface area (Å²) < 4.78 is 0. The Kier molecular flexibility index (Phi) is 4.11. The average molecular weight is 189 g/mol. The van der Waals surface area contributed by atoms with E-state index in [0.717, 1.165) is 12.1 Å². The van der Waals surface area contributed by atoms with Crippen molar-refractivity contribution in [2.45, 2.75) is 19.5 Å². The number of hydrogen-bond donors (Lipinski definition) is 2. The van der Waals surface area contributed by atoms with Gasteiger partial charge in [0.15, 0.2) is 0 Å². The minimum absolute atomic E-state index is 0.306. The molecule has 14 heavy (non-hydrogen) atoms. The van der Waals surface area contributed by atoms with E-state index in [9.17, 15) is 0 Å². The summed E-state index contributed by atoms with van der Waals surface area (Å²) in [5.41, 5.74) is 7.29. The molecule has 0 aliphatic heterocycles. The van der Waals surface area contributed by atoms with Gasteiger partial charge in [-0.15, -0.1) is 0 Å². The highest BCUT2D eigenvalue weighted by Crippen LogP contribution is 2.03. The first-order chi connectivity index (χ1) is 6.76. The monoisotopic (exact) mass is 189 g/mol. The Balaban J connectivity index is 2.55. The zero-order chi connectivity index (χ0) is 10.4. The lowest BCUT2D eigenvalue weighted by Gasteiger charge is -2.10. The highest BCUT2D eigenvalue weighted by molar-refractivity contribution is 5.32. The largest absolute Gasteiger partial charge is 0.329 e. The highest BCUT2D eigenvalue weighted by atomic mass is 14.9. The summed E-state index contributed by atoms with van der Waals surface area (Å²) in [6.45, 7) is 3.42. The molecular formula is C11H15N3. The van der Waals surface area contributed by atoms with Crippen LogP contribution < -0.4 is 11.1 Å². The van der Waals surface area contributed by atoms with Crippen LogP contribution in [0.3, 0.4) is 0 Å². The second-order valence-electron chi connectivity index (χ2n) is 3.33. The van der Waals surface area contributed by atoms with Gasteiger partial charge in [0.2, 0.25) is 0 Å². The Morgan fingerprint density at radius 1 is 1.57 bits per heavy atom. The second kappa shape index (κ2) is 5.38. The Morgan fingerprint density at radius 2 is 2.36 bits per heavy atom. The molecule has 0 spiro atoms. The van der Waals surface area contributed by atoms with E-state index in [1.165, 1.54) is 0 Å². The van der Waals surface area contributed by atoms with Crippen LogP contribution in [0.25, 0.3) is 0 Å². The van der Waals surface area contributed by atoms with Crippen LogP contribution in [0, 0.1) is 11.3 Å². The van der Waals surface area contributed by atoms with Crippen molar-refractivity contribution in [3.05, 3.63) is 35.4 Å². The molecule has 3 nitrogen and oxygen atoms in total. The predicted molar refractivity (Wildman–Crippen MR) is 56.5 cm³/mol. The van der Waals surface area contributed by atoms with Crippen molar-refractivity contribution in [1.29, 1.82) is 5.26 Å². The molecule has 1 atom stereocenters. The molecule has 74 valence electrons. The van der Waals surface area contributed by atoms with Gasteiger partial charge in [0.05, 0.1) is 11.6 Å². The summed E-state index contributed by atoms with van der Waals surface area (Å²) in [5, 5.41) is 12.0. The van der Waals surface area contributed by atoms with E-state index in [2.05, 4.69) is 11.4 Å². The normalized spacial score (nSPS) is 12.1. The smallest absolute Gasteiger partial charge is 0.0991 e. The quantitative estimate of drug-likeness (QED) is 0.742. The maximum absolute atomic E-state index is 8.70. The highest BCUT2D eigenvalue weighted by Gasteiger charge is 1.98. The third-order valence-corrected chi connectivity index (χ3v) is 2.06. The van der Waals surface area contributed by atoms with E-state index in [4.69, 9.17) is 11.0 Å².